The third-order valence-electron chi connectivity index (χ3n) is 5.05. The van der Waals surface area contributed by atoms with Crippen molar-refractivity contribution in [1.29, 1.82) is 5.26 Å². The smallest absolute Gasteiger partial charge is 0.134 e. The molecule has 0 aromatic heterocycles. The summed E-state index contributed by atoms with van der Waals surface area (Å²) in [6.45, 7) is 0. The van der Waals surface area contributed by atoms with Crippen LogP contribution in [0.4, 0.5) is 17.6 Å². The summed E-state index contributed by atoms with van der Waals surface area (Å²) < 4.78 is 58.7. The van der Waals surface area contributed by atoms with Crippen LogP contribution in [-0.4, -0.2) is 0 Å². The van der Waals surface area contributed by atoms with E-state index in [-0.39, 0.29) is 34.2 Å². The zero-order valence-electron chi connectivity index (χ0n) is 16.5. The zero-order valence-corrected chi connectivity index (χ0v) is 17.2. The summed E-state index contributed by atoms with van der Waals surface area (Å²) in [6, 6.07) is 18.5. The highest BCUT2D eigenvalue weighted by Crippen LogP contribution is 2.31. The molecule has 158 valence electrons. The Bertz CT molecular complexity index is 1290. The Morgan fingerprint density at radius 2 is 1.00 bits per heavy atom. The van der Waals surface area contributed by atoms with Gasteiger partial charge in [-0.05, 0) is 77.2 Å². The van der Waals surface area contributed by atoms with Crippen molar-refractivity contribution in [3.63, 3.8) is 0 Å². The molecule has 0 N–H and O–H groups in total. The second-order valence-electron chi connectivity index (χ2n) is 7.24. The average molecular weight is 452 g/mol. The highest BCUT2D eigenvalue weighted by atomic mass is 35.5. The fraction of sp³-hybridized carbons (Fsp3) is 0.0385. The Balaban J connectivity index is 1.64. The van der Waals surface area contributed by atoms with Crippen molar-refractivity contribution in [2.45, 2.75) is 6.42 Å². The number of nitriles is 1. The molecule has 32 heavy (non-hydrogen) atoms. The molecule has 0 fully saturated rings. The van der Waals surface area contributed by atoms with Gasteiger partial charge in [-0.2, -0.15) is 5.26 Å². The van der Waals surface area contributed by atoms with Gasteiger partial charge < -0.3 is 0 Å². The molecule has 1 nitrogen and oxygen atoms in total. The van der Waals surface area contributed by atoms with E-state index in [1.54, 1.807) is 0 Å². The second-order valence-corrected chi connectivity index (χ2v) is 7.68. The van der Waals surface area contributed by atoms with E-state index < -0.39 is 23.3 Å². The SMILES string of the molecule is N#Cc1ccc(-c2c(F)cc(Cc3cc(F)c(-c4ccc(Cl)cc4)c(F)c3)cc2F)cc1. The fourth-order valence-electron chi connectivity index (χ4n) is 3.57. The van der Waals surface area contributed by atoms with Gasteiger partial charge in [0.1, 0.15) is 23.3 Å². The van der Waals surface area contributed by atoms with Gasteiger partial charge in [-0.1, -0.05) is 35.9 Å². The minimum atomic E-state index is -0.802. The molecule has 4 aromatic carbocycles. The van der Waals surface area contributed by atoms with Gasteiger partial charge in [0.05, 0.1) is 22.8 Å². The van der Waals surface area contributed by atoms with Crippen molar-refractivity contribution >= 4 is 11.6 Å². The maximum atomic E-state index is 14.7. The lowest BCUT2D eigenvalue weighted by molar-refractivity contribution is 0.584. The minimum Gasteiger partial charge on any atom is -0.206 e. The summed E-state index contributed by atoms with van der Waals surface area (Å²) in [4.78, 5) is 0. The third-order valence-corrected chi connectivity index (χ3v) is 5.30. The normalized spacial score (nSPS) is 10.8. The van der Waals surface area contributed by atoms with E-state index in [0.29, 0.717) is 16.1 Å². The quantitative estimate of drug-likeness (QED) is 0.292. The molecule has 0 heterocycles. The lowest BCUT2D eigenvalue weighted by atomic mass is 9.96. The van der Waals surface area contributed by atoms with Crippen LogP contribution in [0, 0.1) is 34.6 Å². The molecule has 0 aliphatic heterocycles. The second kappa shape index (κ2) is 8.86. The van der Waals surface area contributed by atoms with Gasteiger partial charge >= 0.3 is 0 Å². The van der Waals surface area contributed by atoms with E-state index in [1.165, 1.54) is 48.5 Å². The molecule has 0 aliphatic rings. The van der Waals surface area contributed by atoms with Crippen molar-refractivity contribution in [1.82, 2.24) is 0 Å². The molecular formula is C26H14ClF4N. The standard InChI is InChI=1S/C26H14ClF4N/c27-20-7-5-19(6-8-20)26-23(30)12-17(13-24(26)31)9-16-10-21(28)25(22(29)11-16)18-3-1-15(14-32)2-4-18/h1-8,10-13H,9H2. The first-order chi connectivity index (χ1) is 15.4. The molecule has 0 bridgehead atoms. The lowest BCUT2D eigenvalue weighted by Crippen LogP contribution is -1.99. The van der Waals surface area contributed by atoms with Crippen LogP contribution in [-0.2, 0) is 6.42 Å². The molecule has 0 aliphatic carbocycles. The van der Waals surface area contributed by atoms with E-state index in [2.05, 4.69) is 0 Å². The molecular weight excluding hydrogens is 438 g/mol. The Morgan fingerprint density at radius 3 is 1.38 bits per heavy atom. The maximum Gasteiger partial charge on any atom is 0.134 e. The Kier molecular flexibility index (Phi) is 5.98. The highest BCUT2D eigenvalue weighted by Gasteiger charge is 2.16. The number of nitrogens with zero attached hydrogens (tertiary/aromatic N) is 1. The summed E-state index contributed by atoms with van der Waals surface area (Å²) in [5, 5.41) is 9.30. The molecule has 0 amide bonds. The molecule has 4 aromatic rings. The van der Waals surface area contributed by atoms with Crippen molar-refractivity contribution < 1.29 is 17.6 Å². The molecule has 4 rings (SSSR count). The van der Waals surface area contributed by atoms with Gasteiger partial charge in [0.25, 0.3) is 0 Å². The number of benzene rings is 4. The number of rotatable bonds is 4. The van der Waals surface area contributed by atoms with Crippen LogP contribution in [0.25, 0.3) is 22.3 Å². The summed E-state index contributed by atoms with van der Waals surface area (Å²) in [5.74, 6) is -3.16. The summed E-state index contributed by atoms with van der Waals surface area (Å²) in [5.41, 5.74) is 1.04. The number of hydrogen-bond acceptors (Lipinski definition) is 1. The Labute approximate surface area is 187 Å². The average Bonchev–Trinajstić information content (AvgIpc) is 2.74. The van der Waals surface area contributed by atoms with Crippen molar-refractivity contribution in [2.24, 2.45) is 0 Å². The molecule has 6 heteroatoms. The predicted molar refractivity (Wildman–Crippen MR) is 116 cm³/mol. The number of halogens is 5. The summed E-state index contributed by atoms with van der Waals surface area (Å²) in [7, 11) is 0. The highest BCUT2D eigenvalue weighted by molar-refractivity contribution is 6.30. The summed E-state index contributed by atoms with van der Waals surface area (Å²) in [6.07, 6.45) is -0.0593. The molecule has 0 atom stereocenters. The van der Waals surface area contributed by atoms with Gasteiger partial charge in [-0.3, -0.25) is 0 Å². The van der Waals surface area contributed by atoms with Gasteiger partial charge in [0.2, 0.25) is 0 Å². The van der Waals surface area contributed by atoms with Crippen LogP contribution in [0.3, 0.4) is 0 Å². The van der Waals surface area contributed by atoms with Crippen LogP contribution in [0.5, 0.6) is 0 Å². The lowest BCUT2D eigenvalue weighted by Gasteiger charge is -2.11. The summed E-state index contributed by atoms with van der Waals surface area (Å²) >= 11 is 5.82. The molecule has 0 saturated carbocycles. The van der Waals surface area contributed by atoms with Crippen LogP contribution in [0.1, 0.15) is 16.7 Å². The van der Waals surface area contributed by atoms with Gasteiger partial charge in [-0.15, -0.1) is 0 Å². The van der Waals surface area contributed by atoms with Gasteiger partial charge in [-0.25, -0.2) is 17.6 Å². The van der Waals surface area contributed by atoms with E-state index >= 15 is 0 Å². The zero-order chi connectivity index (χ0) is 22.8. The minimum absolute atomic E-state index is 0.0593. The van der Waals surface area contributed by atoms with Gasteiger partial charge in [0, 0.05) is 5.02 Å². The monoisotopic (exact) mass is 451 g/mol. The van der Waals surface area contributed by atoms with E-state index in [0.717, 1.165) is 24.3 Å². The van der Waals surface area contributed by atoms with Crippen molar-refractivity contribution in [2.75, 3.05) is 0 Å². The van der Waals surface area contributed by atoms with E-state index in [1.807, 2.05) is 6.07 Å². The number of hydrogen-bond donors (Lipinski definition) is 0. The van der Waals surface area contributed by atoms with Crippen LogP contribution in [0.2, 0.25) is 5.02 Å². The first-order valence-corrected chi connectivity index (χ1v) is 9.96. The first-order valence-electron chi connectivity index (χ1n) is 9.58. The fourth-order valence-corrected chi connectivity index (χ4v) is 3.70. The topological polar surface area (TPSA) is 23.8 Å². The third kappa shape index (κ3) is 4.37. The first kappa shape index (κ1) is 21.6. The Hall–Kier alpha value is -3.62. The van der Waals surface area contributed by atoms with Crippen LogP contribution < -0.4 is 0 Å². The van der Waals surface area contributed by atoms with Crippen LogP contribution in [0.15, 0.2) is 72.8 Å². The van der Waals surface area contributed by atoms with Gasteiger partial charge in [0.15, 0.2) is 0 Å². The predicted octanol–water partition coefficient (Wildman–Crippen LogP) is 7.69. The molecule has 0 unspecified atom stereocenters. The van der Waals surface area contributed by atoms with Crippen molar-refractivity contribution in [3.05, 3.63) is 118 Å². The molecule has 0 saturated heterocycles. The maximum absolute atomic E-state index is 14.7. The largest absolute Gasteiger partial charge is 0.206 e. The molecule has 0 spiro atoms. The Morgan fingerprint density at radius 1 is 0.625 bits per heavy atom. The molecule has 0 radical (unpaired) electrons. The van der Waals surface area contributed by atoms with Crippen LogP contribution >= 0.6 is 11.6 Å². The van der Waals surface area contributed by atoms with E-state index in [4.69, 9.17) is 16.9 Å². The van der Waals surface area contributed by atoms with E-state index in [9.17, 15) is 17.6 Å². The van der Waals surface area contributed by atoms with Crippen molar-refractivity contribution in [3.8, 4) is 28.3 Å².